The monoisotopic (exact) mass is 268 g/mol. The van der Waals surface area contributed by atoms with E-state index < -0.39 is 0 Å². The van der Waals surface area contributed by atoms with Crippen LogP contribution >= 0.6 is 0 Å². The van der Waals surface area contributed by atoms with E-state index in [-0.39, 0.29) is 11.6 Å². The Bertz CT molecular complexity index is 636. The molecule has 1 fully saturated rings. The first-order chi connectivity index (χ1) is 9.63. The number of carbonyl (C=O) groups is 1. The molecule has 2 heteroatoms. The summed E-state index contributed by atoms with van der Waals surface area (Å²) < 4.78 is 13.4. The molecule has 0 bridgehead atoms. The summed E-state index contributed by atoms with van der Waals surface area (Å²) in [5.41, 5.74) is 3.08. The van der Waals surface area contributed by atoms with Gasteiger partial charge in [-0.3, -0.25) is 4.79 Å². The Hall–Kier alpha value is -1.96. The molecule has 0 N–H and O–H groups in total. The molecule has 102 valence electrons. The maximum atomic E-state index is 13.4. The minimum atomic E-state index is -0.358. The average Bonchev–Trinajstić information content (AvgIpc) is 2.35. The number of rotatable bonds is 3. The number of hydrogen-bond donors (Lipinski definition) is 0. The van der Waals surface area contributed by atoms with Crippen molar-refractivity contribution >= 4 is 5.78 Å². The van der Waals surface area contributed by atoms with Crippen LogP contribution in [0.2, 0.25) is 0 Å². The van der Waals surface area contributed by atoms with Crippen LogP contribution in [0.3, 0.4) is 0 Å². The highest BCUT2D eigenvalue weighted by atomic mass is 19.1. The lowest BCUT2D eigenvalue weighted by molar-refractivity contribution is 0.103. The third-order valence-corrected chi connectivity index (χ3v) is 4.03. The van der Waals surface area contributed by atoms with Gasteiger partial charge in [-0.2, -0.15) is 0 Å². The fourth-order valence-corrected chi connectivity index (χ4v) is 2.71. The topological polar surface area (TPSA) is 17.1 Å². The van der Waals surface area contributed by atoms with Crippen molar-refractivity contribution in [3.8, 4) is 0 Å². The van der Waals surface area contributed by atoms with Crippen molar-refractivity contribution in [2.45, 2.75) is 32.1 Å². The summed E-state index contributed by atoms with van der Waals surface area (Å²) in [5, 5.41) is 0. The van der Waals surface area contributed by atoms with Crippen LogP contribution in [0.25, 0.3) is 0 Å². The minimum Gasteiger partial charge on any atom is -0.289 e. The van der Waals surface area contributed by atoms with E-state index in [0.29, 0.717) is 17.0 Å². The minimum absolute atomic E-state index is 0.103. The normalized spacial score (nSPS) is 14.9. The molecule has 0 saturated heterocycles. The summed E-state index contributed by atoms with van der Waals surface area (Å²) in [4.78, 5) is 12.5. The molecule has 0 spiro atoms. The summed E-state index contributed by atoms with van der Waals surface area (Å²) in [6.45, 7) is 1.80. The van der Waals surface area contributed by atoms with Gasteiger partial charge < -0.3 is 0 Å². The van der Waals surface area contributed by atoms with Crippen molar-refractivity contribution in [2.75, 3.05) is 0 Å². The molecule has 0 amide bonds. The average molecular weight is 268 g/mol. The van der Waals surface area contributed by atoms with Crippen LogP contribution in [0.4, 0.5) is 4.39 Å². The van der Waals surface area contributed by atoms with Crippen LogP contribution in [0.15, 0.2) is 42.5 Å². The van der Waals surface area contributed by atoms with Crippen LogP contribution < -0.4 is 0 Å². The third-order valence-electron chi connectivity index (χ3n) is 4.03. The van der Waals surface area contributed by atoms with E-state index in [2.05, 4.69) is 6.07 Å². The van der Waals surface area contributed by atoms with Gasteiger partial charge in [0.15, 0.2) is 5.78 Å². The van der Waals surface area contributed by atoms with Crippen LogP contribution in [0.5, 0.6) is 0 Å². The lowest BCUT2D eigenvalue weighted by atomic mass is 9.79. The van der Waals surface area contributed by atoms with Crippen LogP contribution in [0.1, 0.15) is 52.2 Å². The van der Waals surface area contributed by atoms with E-state index in [1.165, 1.54) is 37.0 Å². The number of aryl methyl sites for hydroxylation is 1. The Balaban J connectivity index is 1.93. The van der Waals surface area contributed by atoms with Crippen LogP contribution in [-0.4, -0.2) is 5.78 Å². The Morgan fingerprint density at radius 2 is 1.90 bits per heavy atom. The molecule has 0 aliphatic heterocycles. The van der Waals surface area contributed by atoms with Gasteiger partial charge in [0, 0.05) is 11.1 Å². The zero-order valence-electron chi connectivity index (χ0n) is 11.5. The highest BCUT2D eigenvalue weighted by molar-refractivity contribution is 6.09. The number of benzene rings is 2. The zero-order valence-corrected chi connectivity index (χ0v) is 11.5. The number of hydrogen-bond acceptors (Lipinski definition) is 1. The maximum absolute atomic E-state index is 13.4. The molecule has 20 heavy (non-hydrogen) atoms. The van der Waals surface area contributed by atoms with E-state index in [9.17, 15) is 9.18 Å². The van der Waals surface area contributed by atoms with Gasteiger partial charge in [-0.15, -0.1) is 0 Å². The Labute approximate surface area is 118 Å². The number of carbonyl (C=O) groups excluding carboxylic acids is 1. The molecule has 0 radical (unpaired) electrons. The van der Waals surface area contributed by atoms with Crippen LogP contribution in [-0.2, 0) is 0 Å². The number of ketones is 1. The predicted molar refractivity (Wildman–Crippen MR) is 77.6 cm³/mol. The molecule has 1 aliphatic rings. The largest absolute Gasteiger partial charge is 0.289 e. The zero-order chi connectivity index (χ0) is 14.1. The van der Waals surface area contributed by atoms with Gasteiger partial charge >= 0.3 is 0 Å². The van der Waals surface area contributed by atoms with Gasteiger partial charge in [-0.1, -0.05) is 24.6 Å². The first kappa shape index (κ1) is 13.0. The lowest BCUT2D eigenvalue weighted by Crippen LogP contribution is -2.10. The molecule has 1 nitrogen and oxygen atoms in total. The molecule has 2 aromatic rings. The summed E-state index contributed by atoms with van der Waals surface area (Å²) in [6.07, 6.45) is 3.68. The van der Waals surface area contributed by atoms with E-state index in [1.54, 1.807) is 13.0 Å². The molecular weight excluding hydrogens is 251 g/mol. The summed E-state index contributed by atoms with van der Waals surface area (Å²) >= 11 is 0. The van der Waals surface area contributed by atoms with Crippen molar-refractivity contribution in [2.24, 2.45) is 0 Å². The smallest absolute Gasteiger partial charge is 0.193 e. The Morgan fingerprint density at radius 1 is 1.10 bits per heavy atom. The standard InChI is InChI=1S/C18H17FO/c1-12-8-16(11-17(19)9-12)18(20)15-7-3-6-14(10-15)13-4-2-5-13/h3,6-11,13H,2,4-5H2,1H3. The predicted octanol–water partition coefficient (Wildman–Crippen LogP) is 4.63. The van der Waals surface area contributed by atoms with Gasteiger partial charge in [0.1, 0.15) is 5.82 Å². The lowest BCUT2D eigenvalue weighted by Gasteiger charge is -2.26. The third kappa shape index (κ3) is 2.51. The molecule has 1 aliphatic carbocycles. The molecular formula is C18H17FO. The second-order valence-electron chi connectivity index (χ2n) is 5.60. The van der Waals surface area contributed by atoms with Crippen molar-refractivity contribution in [3.05, 3.63) is 70.5 Å². The molecule has 0 heterocycles. The number of halogens is 1. The highest BCUT2D eigenvalue weighted by Crippen LogP contribution is 2.36. The highest BCUT2D eigenvalue weighted by Gasteiger charge is 2.20. The summed E-state index contributed by atoms with van der Waals surface area (Å²) in [7, 11) is 0. The fraction of sp³-hybridized carbons (Fsp3) is 0.278. The molecule has 0 aromatic heterocycles. The molecule has 0 atom stereocenters. The maximum Gasteiger partial charge on any atom is 0.193 e. The van der Waals surface area contributed by atoms with Crippen LogP contribution in [0, 0.1) is 12.7 Å². The quantitative estimate of drug-likeness (QED) is 0.741. The van der Waals surface area contributed by atoms with Gasteiger partial charge in [0.05, 0.1) is 0 Å². The Kier molecular flexibility index (Phi) is 3.39. The molecule has 1 saturated carbocycles. The van der Waals surface area contributed by atoms with E-state index in [1.807, 2.05) is 18.2 Å². The van der Waals surface area contributed by atoms with Gasteiger partial charge in [-0.05, 0) is 61.1 Å². The second-order valence-corrected chi connectivity index (χ2v) is 5.60. The first-order valence-electron chi connectivity index (χ1n) is 7.05. The van der Waals surface area contributed by atoms with E-state index >= 15 is 0 Å². The Morgan fingerprint density at radius 3 is 2.55 bits per heavy atom. The molecule has 3 rings (SSSR count). The SMILES string of the molecule is Cc1cc(F)cc(C(=O)c2cccc(C3CCC3)c2)c1. The van der Waals surface area contributed by atoms with Gasteiger partial charge in [0.25, 0.3) is 0 Å². The van der Waals surface area contributed by atoms with Crippen molar-refractivity contribution in [1.29, 1.82) is 0 Å². The van der Waals surface area contributed by atoms with E-state index in [4.69, 9.17) is 0 Å². The van der Waals surface area contributed by atoms with E-state index in [0.717, 1.165) is 5.56 Å². The van der Waals surface area contributed by atoms with Gasteiger partial charge in [0.2, 0.25) is 0 Å². The van der Waals surface area contributed by atoms with Gasteiger partial charge in [-0.25, -0.2) is 4.39 Å². The molecule has 2 aromatic carbocycles. The molecule has 0 unspecified atom stereocenters. The van der Waals surface area contributed by atoms with Crippen molar-refractivity contribution < 1.29 is 9.18 Å². The second kappa shape index (κ2) is 5.20. The fourth-order valence-electron chi connectivity index (χ4n) is 2.71. The first-order valence-corrected chi connectivity index (χ1v) is 7.05. The van der Waals surface area contributed by atoms with Crippen molar-refractivity contribution in [3.63, 3.8) is 0 Å². The summed E-state index contributed by atoms with van der Waals surface area (Å²) in [5.74, 6) is 0.134. The van der Waals surface area contributed by atoms with Crippen molar-refractivity contribution in [1.82, 2.24) is 0 Å². The summed E-state index contributed by atoms with van der Waals surface area (Å²) in [6, 6.07) is 12.3.